The molecule has 1 aromatic heterocycles. The second-order valence-corrected chi connectivity index (χ2v) is 6.98. The molecular weight excluding hydrogens is 399 g/mol. The molecule has 28 heavy (non-hydrogen) atoms. The summed E-state index contributed by atoms with van der Waals surface area (Å²) in [6.07, 6.45) is -3.34. The van der Waals surface area contributed by atoms with Crippen LogP contribution < -0.4 is 9.64 Å². The molecule has 2 heterocycles. The van der Waals surface area contributed by atoms with Gasteiger partial charge in [-0.25, -0.2) is 14.7 Å². The molecule has 10 heteroatoms. The van der Waals surface area contributed by atoms with Crippen molar-refractivity contribution in [3.05, 3.63) is 53.3 Å². The number of pyridine rings is 1. The van der Waals surface area contributed by atoms with Crippen molar-refractivity contribution >= 4 is 29.2 Å². The van der Waals surface area contributed by atoms with Crippen LogP contribution in [0.25, 0.3) is 0 Å². The summed E-state index contributed by atoms with van der Waals surface area (Å²) < 4.78 is 40.7. The predicted molar refractivity (Wildman–Crippen MR) is 94.9 cm³/mol. The number of ether oxygens (including phenoxy) is 1. The summed E-state index contributed by atoms with van der Waals surface area (Å²) in [5.41, 5.74) is -0.327. The molecule has 0 bridgehead atoms. The van der Waals surface area contributed by atoms with E-state index in [-0.39, 0.29) is 17.4 Å². The standard InChI is InChI=1S/C18H15ClF3N3O3/c1-17(2)15(26)25(12-3-5-13(6-4-12)28-18(20,21)22)16(27)24(17)10-11-7-8-23-14(19)9-11/h3-9H,10H2,1-2H3. The third kappa shape index (κ3) is 3.89. The van der Waals surface area contributed by atoms with Gasteiger partial charge in [0.2, 0.25) is 0 Å². The van der Waals surface area contributed by atoms with Gasteiger partial charge >= 0.3 is 12.4 Å². The molecule has 3 amide bonds. The number of nitrogens with zero attached hydrogens (tertiary/aromatic N) is 3. The number of hydrogen-bond donors (Lipinski definition) is 0. The van der Waals surface area contributed by atoms with Crippen LogP contribution in [-0.4, -0.2) is 33.7 Å². The van der Waals surface area contributed by atoms with Crippen LogP contribution in [0.4, 0.5) is 23.7 Å². The van der Waals surface area contributed by atoms with E-state index in [4.69, 9.17) is 11.6 Å². The summed E-state index contributed by atoms with van der Waals surface area (Å²) in [6, 6.07) is 7.20. The fourth-order valence-corrected chi connectivity index (χ4v) is 3.05. The summed E-state index contributed by atoms with van der Waals surface area (Å²) in [5.74, 6) is -0.944. The van der Waals surface area contributed by atoms with Gasteiger partial charge in [-0.1, -0.05) is 11.6 Å². The highest BCUT2D eigenvalue weighted by molar-refractivity contribution is 6.29. The van der Waals surface area contributed by atoms with E-state index >= 15 is 0 Å². The Morgan fingerprint density at radius 1 is 1.14 bits per heavy atom. The van der Waals surface area contributed by atoms with E-state index in [0.717, 1.165) is 17.0 Å². The number of alkyl halides is 3. The number of imide groups is 1. The van der Waals surface area contributed by atoms with Gasteiger partial charge in [0.25, 0.3) is 5.91 Å². The number of carbonyl (C=O) groups excluding carboxylic acids is 2. The zero-order valence-corrected chi connectivity index (χ0v) is 15.6. The largest absolute Gasteiger partial charge is 0.573 e. The lowest BCUT2D eigenvalue weighted by Gasteiger charge is -2.27. The first-order valence-corrected chi connectivity index (χ1v) is 8.49. The van der Waals surface area contributed by atoms with Crippen molar-refractivity contribution in [1.82, 2.24) is 9.88 Å². The minimum atomic E-state index is -4.83. The molecule has 2 aromatic rings. The first kappa shape index (κ1) is 19.9. The fraction of sp³-hybridized carbons (Fsp3) is 0.278. The second kappa shape index (κ2) is 6.97. The molecule has 1 aliphatic rings. The molecule has 3 rings (SSSR count). The van der Waals surface area contributed by atoms with E-state index in [1.165, 1.54) is 23.2 Å². The molecule has 148 valence electrons. The third-order valence-corrected chi connectivity index (χ3v) is 4.49. The number of anilines is 1. The van der Waals surface area contributed by atoms with Gasteiger partial charge in [-0.3, -0.25) is 4.79 Å². The lowest BCUT2D eigenvalue weighted by atomic mass is 10.0. The van der Waals surface area contributed by atoms with Gasteiger partial charge in [0.15, 0.2) is 0 Å². The molecular formula is C18H15ClF3N3O3. The highest BCUT2D eigenvalue weighted by atomic mass is 35.5. The number of aromatic nitrogens is 1. The van der Waals surface area contributed by atoms with Crippen LogP contribution in [0.2, 0.25) is 5.15 Å². The summed E-state index contributed by atoms with van der Waals surface area (Å²) in [6.45, 7) is 3.31. The lowest BCUT2D eigenvalue weighted by Crippen LogP contribution is -2.43. The zero-order chi connectivity index (χ0) is 20.7. The van der Waals surface area contributed by atoms with Crippen molar-refractivity contribution in [3.63, 3.8) is 0 Å². The Balaban J connectivity index is 1.86. The van der Waals surface area contributed by atoms with Crippen LogP contribution in [0.15, 0.2) is 42.6 Å². The highest BCUT2D eigenvalue weighted by Crippen LogP contribution is 2.34. The maximum absolute atomic E-state index is 12.9. The third-order valence-electron chi connectivity index (χ3n) is 4.28. The first-order chi connectivity index (χ1) is 13.0. The van der Waals surface area contributed by atoms with Crippen LogP contribution in [0.1, 0.15) is 19.4 Å². The van der Waals surface area contributed by atoms with Crippen molar-refractivity contribution in [1.29, 1.82) is 0 Å². The van der Waals surface area contributed by atoms with E-state index in [0.29, 0.717) is 5.56 Å². The average Bonchev–Trinajstić information content (AvgIpc) is 2.75. The molecule has 0 unspecified atom stereocenters. The molecule has 0 radical (unpaired) electrons. The molecule has 1 fully saturated rings. The Hall–Kier alpha value is -2.81. The van der Waals surface area contributed by atoms with E-state index in [1.807, 2.05) is 0 Å². The number of urea groups is 1. The van der Waals surface area contributed by atoms with E-state index in [2.05, 4.69) is 9.72 Å². The normalized spacial score (nSPS) is 16.6. The van der Waals surface area contributed by atoms with Crippen LogP contribution in [0.3, 0.4) is 0 Å². The van der Waals surface area contributed by atoms with E-state index in [9.17, 15) is 22.8 Å². The van der Waals surface area contributed by atoms with Crippen molar-refractivity contribution in [2.75, 3.05) is 4.90 Å². The van der Waals surface area contributed by atoms with Crippen LogP contribution >= 0.6 is 11.6 Å². The molecule has 6 nitrogen and oxygen atoms in total. The Kier molecular flexibility index (Phi) is 4.97. The van der Waals surface area contributed by atoms with Gasteiger partial charge < -0.3 is 9.64 Å². The number of halogens is 4. The van der Waals surface area contributed by atoms with Crippen molar-refractivity contribution < 1.29 is 27.5 Å². The molecule has 0 atom stereocenters. The summed E-state index contributed by atoms with van der Waals surface area (Å²) in [5, 5.41) is 0.255. The zero-order valence-electron chi connectivity index (χ0n) is 14.8. The SMILES string of the molecule is CC1(C)C(=O)N(c2ccc(OC(F)(F)F)cc2)C(=O)N1Cc1ccnc(Cl)c1. The molecule has 0 spiro atoms. The number of carbonyl (C=O) groups is 2. The van der Waals surface area contributed by atoms with Gasteiger partial charge in [0.05, 0.1) is 5.69 Å². The van der Waals surface area contributed by atoms with Crippen LogP contribution in [0.5, 0.6) is 5.75 Å². The van der Waals surface area contributed by atoms with Crippen molar-refractivity contribution in [2.24, 2.45) is 0 Å². The summed E-state index contributed by atoms with van der Waals surface area (Å²) >= 11 is 5.87. The van der Waals surface area contributed by atoms with Crippen LogP contribution in [-0.2, 0) is 11.3 Å². The van der Waals surface area contributed by atoms with Gasteiger partial charge in [-0.15, -0.1) is 13.2 Å². The molecule has 0 N–H and O–H groups in total. The molecule has 0 aliphatic carbocycles. The maximum Gasteiger partial charge on any atom is 0.573 e. The van der Waals surface area contributed by atoms with Crippen LogP contribution in [0, 0.1) is 0 Å². The average molecular weight is 414 g/mol. The molecule has 1 aromatic carbocycles. The minimum absolute atomic E-state index is 0.117. The summed E-state index contributed by atoms with van der Waals surface area (Å²) in [7, 11) is 0. The maximum atomic E-state index is 12.9. The summed E-state index contributed by atoms with van der Waals surface area (Å²) in [4.78, 5) is 31.9. The van der Waals surface area contributed by atoms with E-state index in [1.54, 1.807) is 26.0 Å². The van der Waals surface area contributed by atoms with Gasteiger partial charge in [0, 0.05) is 12.7 Å². The highest BCUT2D eigenvalue weighted by Gasteiger charge is 2.51. The predicted octanol–water partition coefficient (Wildman–Crippen LogP) is 4.38. The molecule has 1 aliphatic heterocycles. The smallest absolute Gasteiger partial charge is 0.406 e. The molecule has 0 saturated carbocycles. The monoisotopic (exact) mass is 413 g/mol. The topological polar surface area (TPSA) is 62.7 Å². The first-order valence-electron chi connectivity index (χ1n) is 8.11. The number of rotatable bonds is 4. The van der Waals surface area contributed by atoms with Gasteiger partial charge in [-0.2, -0.15) is 0 Å². The van der Waals surface area contributed by atoms with E-state index < -0.39 is 29.6 Å². The lowest BCUT2D eigenvalue weighted by molar-refractivity contribution is -0.274. The number of amides is 3. The number of benzene rings is 1. The minimum Gasteiger partial charge on any atom is -0.406 e. The number of hydrogen-bond acceptors (Lipinski definition) is 4. The Bertz CT molecular complexity index is 916. The Labute approximate surface area is 163 Å². The van der Waals surface area contributed by atoms with Gasteiger partial charge in [-0.05, 0) is 55.8 Å². The van der Waals surface area contributed by atoms with Crippen molar-refractivity contribution in [2.45, 2.75) is 32.3 Å². The molecule has 1 saturated heterocycles. The van der Waals surface area contributed by atoms with Gasteiger partial charge in [0.1, 0.15) is 16.4 Å². The fourth-order valence-electron chi connectivity index (χ4n) is 2.85. The van der Waals surface area contributed by atoms with Crippen molar-refractivity contribution in [3.8, 4) is 5.75 Å². The quantitative estimate of drug-likeness (QED) is 0.551. The second-order valence-electron chi connectivity index (χ2n) is 6.60. The Morgan fingerprint density at radius 3 is 2.36 bits per heavy atom. The Morgan fingerprint density at radius 2 is 1.79 bits per heavy atom.